The Morgan fingerprint density at radius 1 is 1.20 bits per heavy atom. The molecule has 3 heterocycles. The summed E-state index contributed by atoms with van der Waals surface area (Å²) in [7, 11) is 0. The first-order valence-corrected chi connectivity index (χ1v) is 9.81. The maximum atomic E-state index is 12.7. The first kappa shape index (κ1) is 16.6. The van der Waals surface area contributed by atoms with E-state index >= 15 is 0 Å². The number of rotatable bonds is 4. The highest BCUT2D eigenvalue weighted by Gasteiger charge is 2.20. The SMILES string of the molecule is O=C(Nc1ccnn1Cc1cccs1)c1sc2cccc(Cl)c2c1Cl. The second-order valence-electron chi connectivity index (χ2n) is 5.27. The average molecular weight is 408 g/mol. The van der Waals surface area contributed by atoms with Crippen LogP contribution in [0.25, 0.3) is 10.1 Å². The Labute approximate surface area is 161 Å². The van der Waals surface area contributed by atoms with Crippen LogP contribution in [0.2, 0.25) is 10.0 Å². The third-order valence-electron chi connectivity index (χ3n) is 3.66. The Balaban J connectivity index is 1.62. The Hall–Kier alpha value is -1.86. The van der Waals surface area contributed by atoms with E-state index in [1.165, 1.54) is 11.3 Å². The van der Waals surface area contributed by atoms with E-state index in [1.807, 2.05) is 29.6 Å². The lowest BCUT2D eigenvalue weighted by molar-refractivity contribution is 0.102. The van der Waals surface area contributed by atoms with Crippen molar-refractivity contribution in [2.75, 3.05) is 5.32 Å². The summed E-state index contributed by atoms with van der Waals surface area (Å²) in [5.74, 6) is 0.355. The molecule has 25 heavy (non-hydrogen) atoms. The third-order valence-corrected chi connectivity index (χ3v) is 6.48. The van der Waals surface area contributed by atoms with Crippen molar-refractivity contribution in [2.45, 2.75) is 6.54 Å². The largest absolute Gasteiger partial charge is 0.306 e. The first-order chi connectivity index (χ1) is 12.1. The summed E-state index contributed by atoms with van der Waals surface area (Å²) in [6.07, 6.45) is 1.66. The zero-order chi connectivity index (χ0) is 17.4. The third kappa shape index (κ3) is 3.18. The molecule has 0 bridgehead atoms. The molecular weight excluding hydrogens is 397 g/mol. The molecule has 0 atom stereocenters. The van der Waals surface area contributed by atoms with Crippen LogP contribution in [0.5, 0.6) is 0 Å². The summed E-state index contributed by atoms with van der Waals surface area (Å²) in [6.45, 7) is 0.603. The van der Waals surface area contributed by atoms with Crippen molar-refractivity contribution in [1.82, 2.24) is 9.78 Å². The minimum absolute atomic E-state index is 0.268. The molecule has 1 aromatic carbocycles. The fraction of sp³-hybridized carbons (Fsp3) is 0.0588. The molecule has 0 saturated carbocycles. The van der Waals surface area contributed by atoms with E-state index in [0.29, 0.717) is 32.7 Å². The van der Waals surface area contributed by atoms with Gasteiger partial charge in [0, 0.05) is 21.0 Å². The van der Waals surface area contributed by atoms with Crippen LogP contribution in [-0.4, -0.2) is 15.7 Å². The Morgan fingerprint density at radius 3 is 2.84 bits per heavy atom. The van der Waals surface area contributed by atoms with Gasteiger partial charge in [0.15, 0.2) is 0 Å². The molecule has 0 aliphatic carbocycles. The van der Waals surface area contributed by atoms with Gasteiger partial charge >= 0.3 is 0 Å². The van der Waals surface area contributed by atoms with Gasteiger partial charge in [0.1, 0.15) is 10.7 Å². The normalized spacial score (nSPS) is 11.1. The molecule has 4 nitrogen and oxygen atoms in total. The molecule has 1 amide bonds. The molecule has 0 spiro atoms. The van der Waals surface area contributed by atoms with Gasteiger partial charge in [-0.3, -0.25) is 4.79 Å². The zero-order valence-electron chi connectivity index (χ0n) is 12.7. The van der Waals surface area contributed by atoms with Crippen LogP contribution in [0, 0.1) is 0 Å². The molecule has 126 valence electrons. The Kier molecular flexibility index (Phi) is 4.52. The summed E-state index contributed by atoms with van der Waals surface area (Å²) in [6, 6.07) is 11.3. The predicted octanol–water partition coefficient (Wildman–Crippen LogP) is 5.77. The number of anilines is 1. The Morgan fingerprint density at radius 2 is 2.08 bits per heavy atom. The molecule has 1 N–H and O–H groups in total. The lowest BCUT2D eigenvalue weighted by atomic mass is 10.2. The maximum Gasteiger partial charge on any atom is 0.268 e. The van der Waals surface area contributed by atoms with Crippen molar-refractivity contribution in [3.05, 3.63) is 67.8 Å². The van der Waals surface area contributed by atoms with E-state index in [4.69, 9.17) is 23.2 Å². The fourth-order valence-electron chi connectivity index (χ4n) is 2.50. The summed E-state index contributed by atoms with van der Waals surface area (Å²) in [5, 5.41) is 10.8. The zero-order valence-corrected chi connectivity index (χ0v) is 15.8. The number of thiophene rings is 2. The molecule has 0 aliphatic rings. The van der Waals surface area contributed by atoms with E-state index in [0.717, 1.165) is 9.58 Å². The van der Waals surface area contributed by atoms with Crippen LogP contribution in [0.15, 0.2) is 48.0 Å². The van der Waals surface area contributed by atoms with Gasteiger partial charge in [-0.1, -0.05) is 35.3 Å². The van der Waals surface area contributed by atoms with E-state index in [-0.39, 0.29) is 5.91 Å². The van der Waals surface area contributed by atoms with Crippen LogP contribution < -0.4 is 5.32 Å². The summed E-state index contributed by atoms with van der Waals surface area (Å²) >= 11 is 15.6. The molecule has 3 aromatic heterocycles. The number of benzene rings is 1. The van der Waals surface area contributed by atoms with Crippen molar-refractivity contribution in [3.63, 3.8) is 0 Å². The Bertz CT molecular complexity index is 1050. The van der Waals surface area contributed by atoms with Gasteiger partial charge < -0.3 is 5.32 Å². The fourth-order valence-corrected chi connectivity index (χ4v) is 5.04. The first-order valence-electron chi connectivity index (χ1n) is 7.35. The maximum absolute atomic E-state index is 12.7. The predicted molar refractivity (Wildman–Crippen MR) is 105 cm³/mol. The van der Waals surface area contributed by atoms with Gasteiger partial charge in [0.2, 0.25) is 0 Å². The minimum Gasteiger partial charge on any atom is -0.306 e. The number of hydrogen-bond acceptors (Lipinski definition) is 4. The van der Waals surface area contributed by atoms with Crippen molar-refractivity contribution in [1.29, 1.82) is 0 Å². The van der Waals surface area contributed by atoms with Crippen molar-refractivity contribution in [3.8, 4) is 0 Å². The smallest absolute Gasteiger partial charge is 0.268 e. The van der Waals surface area contributed by atoms with Crippen LogP contribution in [-0.2, 0) is 6.54 Å². The molecule has 4 rings (SSSR count). The molecule has 0 fully saturated rings. The molecular formula is C17H11Cl2N3OS2. The highest BCUT2D eigenvalue weighted by molar-refractivity contribution is 7.21. The van der Waals surface area contributed by atoms with Crippen molar-refractivity contribution in [2.24, 2.45) is 0 Å². The standard InChI is InChI=1S/C17H11Cl2N3OS2/c18-11-4-1-5-12-14(11)15(19)16(25-12)17(23)21-13-6-7-20-22(13)9-10-3-2-8-24-10/h1-8H,9H2,(H,21,23). The van der Waals surface area contributed by atoms with Crippen LogP contribution in [0.3, 0.4) is 0 Å². The monoisotopic (exact) mass is 407 g/mol. The summed E-state index contributed by atoms with van der Waals surface area (Å²) in [5.41, 5.74) is 0. The lowest BCUT2D eigenvalue weighted by Gasteiger charge is -2.07. The second kappa shape index (κ2) is 6.80. The number of aromatic nitrogens is 2. The highest BCUT2D eigenvalue weighted by atomic mass is 35.5. The number of hydrogen-bond donors (Lipinski definition) is 1. The van der Waals surface area contributed by atoms with E-state index in [1.54, 1.807) is 34.3 Å². The molecule has 0 radical (unpaired) electrons. The van der Waals surface area contributed by atoms with Gasteiger partial charge in [-0.25, -0.2) is 4.68 Å². The molecule has 0 unspecified atom stereocenters. The second-order valence-corrected chi connectivity index (χ2v) is 8.14. The quantitative estimate of drug-likeness (QED) is 0.466. The number of halogens is 2. The van der Waals surface area contributed by atoms with Crippen molar-refractivity contribution >= 4 is 67.7 Å². The summed E-state index contributed by atoms with van der Waals surface area (Å²) in [4.78, 5) is 14.3. The molecule has 0 aliphatic heterocycles. The number of nitrogens with one attached hydrogen (secondary N) is 1. The molecule has 4 aromatic rings. The van der Waals surface area contributed by atoms with Gasteiger partial charge in [-0.2, -0.15) is 5.10 Å². The number of carbonyl (C=O) groups excluding carboxylic acids is 1. The van der Waals surface area contributed by atoms with Gasteiger partial charge in [0.25, 0.3) is 5.91 Å². The van der Waals surface area contributed by atoms with Gasteiger partial charge in [-0.05, 0) is 23.6 Å². The van der Waals surface area contributed by atoms with Crippen LogP contribution in [0.1, 0.15) is 14.5 Å². The van der Waals surface area contributed by atoms with E-state index < -0.39 is 0 Å². The minimum atomic E-state index is -0.268. The molecule has 8 heteroatoms. The number of fused-ring (bicyclic) bond motifs is 1. The average Bonchev–Trinajstić information content (AvgIpc) is 3.31. The van der Waals surface area contributed by atoms with E-state index in [9.17, 15) is 4.79 Å². The summed E-state index contributed by atoms with van der Waals surface area (Å²) < 4.78 is 2.63. The molecule has 0 saturated heterocycles. The van der Waals surface area contributed by atoms with Crippen LogP contribution >= 0.6 is 45.9 Å². The van der Waals surface area contributed by atoms with E-state index in [2.05, 4.69) is 10.4 Å². The lowest BCUT2D eigenvalue weighted by Crippen LogP contribution is -2.15. The van der Waals surface area contributed by atoms with Gasteiger partial charge in [0.05, 0.1) is 22.8 Å². The highest BCUT2D eigenvalue weighted by Crippen LogP contribution is 2.39. The number of amides is 1. The number of carbonyl (C=O) groups is 1. The van der Waals surface area contributed by atoms with Crippen LogP contribution in [0.4, 0.5) is 5.82 Å². The van der Waals surface area contributed by atoms with Gasteiger partial charge in [-0.15, -0.1) is 22.7 Å². The van der Waals surface area contributed by atoms with Crippen molar-refractivity contribution < 1.29 is 4.79 Å². The number of nitrogens with zero attached hydrogens (tertiary/aromatic N) is 2. The topological polar surface area (TPSA) is 46.9 Å².